The summed E-state index contributed by atoms with van der Waals surface area (Å²) in [5.41, 5.74) is 5.07. The number of hydrogen-bond acceptors (Lipinski definition) is 2. The monoisotopic (exact) mass is 292 g/mol. The van der Waals surface area contributed by atoms with Crippen LogP contribution in [0.4, 0.5) is 0 Å². The summed E-state index contributed by atoms with van der Waals surface area (Å²) in [6.45, 7) is 1.36. The molecule has 2 aromatic rings. The van der Waals surface area contributed by atoms with Crippen LogP contribution in [-0.4, -0.2) is 19.0 Å². The first-order valence-electron chi connectivity index (χ1n) is 8.01. The Kier molecular flexibility index (Phi) is 3.57. The lowest BCUT2D eigenvalue weighted by Crippen LogP contribution is -2.35. The van der Waals surface area contributed by atoms with Crippen LogP contribution in [0.3, 0.4) is 0 Å². The normalized spacial score (nSPS) is 20.5. The zero-order chi connectivity index (χ0) is 14.8. The third-order valence-electron chi connectivity index (χ3n) is 4.55. The van der Waals surface area contributed by atoms with Crippen LogP contribution in [0.2, 0.25) is 0 Å². The summed E-state index contributed by atoms with van der Waals surface area (Å²) in [6, 6.07) is 21.2. The van der Waals surface area contributed by atoms with Gasteiger partial charge in [0.2, 0.25) is 0 Å². The molecule has 112 valence electrons. The largest absolute Gasteiger partial charge is 0.343 e. The van der Waals surface area contributed by atoms with Crippen LogP contribution in [0.25, 0.3) is 11.1 Å². The summed E-state index contributed by atoms with van der Waals surface area (Å²) < 4.78 is 12.2. The molecule has 0 unspecified atom stereocenters. The van der Waals surface area contributed by atoms with Crippen LogP contribution in [0.1, 0.15) is 30.4 Å². The first kappa shape index (κ1) is 13.7. The Labute approximate surface area is 131 Å². The highest BCUT2D eigenvalue weighted by atomic mass is 16.7. The second kappa shape index (κ2) is 5.71. The van der Waals surface area contributed by atoms with E-state index in [1.165, 1.54) is 22.3 Å². The maximum Gasteiger partial charge on any atom is 0.195 e. The van der Waals surface area contributed by atoms with Crippen molar-refractivity contribution in [2.45, 2.75) is 25.0 Å². The Hall–Kier alpha value is -1.90. The highest BCUT2D eigenvalue weighted by Crippen LogP contribution is 2.48. The third-order valence-corrected chi connectivity index (χ3v) is 4.55. The molecule has 1 fully saturated rings. The van der Waals surface area contributed by atoms with Gasteiger partial charge in [0.05, 0.1) is 13.2 Å². The predicted octanol–water partition coefficient (Wildman–Crippen LogP) is 4.52. The van der Waals surface area contributed by atoms with Crippen molar-refractivity contribution in [3.05, 3.63) is 71.8 Å². The van der Waals surface area contributed by atoms with Crippen LogP contribution in [0.5, 0.6) is 0 Å². The van der Waals surface area contributed by atoms with Gasteiger partial charge >= 0.3 is 0 Å². The van der Waals surface area contributed by atoms with Crippen LogP contribution >= 0.6 is 0 Å². The molecular weight excluding hydrogens is 272 g/mol. The fraction of sp³-hybridized carbons (Fsp3) is 0.300. The molecule has 2 heteroatoms. The standard InChI is InChI=1S/C20H20O2/c1-3-8-16(9-4-1)18-12-7-13-20(21-14-15-22-20)19(18)17-10-5-2-6-11-17/h1-6,8-11H,7,12-15H2. The summed E-state index contributed by atoms with van der Waals surface area (Å²) in [6.07, 6.45) is 3.11. The van der Waals surface area contributed by atoms with Crippen LogP contribution in [0.15, 0.2) is 60.7 Å². The number of ether oxygens (including phenoxy) is 2. The Morgan fingerprint density at radius 2 is 1.32 bits per heavy atom. The second-order valence-corrected chi connectivity index (χ2v) is 5.89. The fourth-order valence-corrected chi connectivity index (χ4v) is 3.65. The van der Waals surface area contributed by atoms with Gasteiger partial charge in [-0.15, -0.1) is 0 Å². The van der Waals surface area contributed by atoms with Gasteiger partial charge in [-0.05, 0) is 29.5 Å². The van der Waals surface area contributed by atoms with Crippen molar-refractivity contribution in [2.24, 2.45) is 0 Å². The molecule has 0 bridgehead atoms. The number of hydrogen-bond donors (Lipinski definition) is 0. The highest BCUT2D eigenvalue weighted by Gasteiger charge is 2.44. The lowest BCUT2D eigenvalue weighted by atomic mass is 9.80. The van der Waals surface area contributed by atoms with Gasteiger partial charge in [-0.1, -0.05) is 60.7 Å². The predicted molar refractivity (Wildman–Crippen MR) is 88.2 cm³/mol. The summed E-state index contributed by atoms with van der Waals surface area (Å²) >= 11 is 0. The average molecular weight is 292 g/mol. The first-order valence-corrected chi connectivity index (χ1v) is 8.01. The molecular formula is C20H20O2. The molecule has 0 atom stereocenters. The minimum Gasteiger partial charge on any atom is -0.343 e. The van der Waals surface area contributed by atoms with Gasteiger partial charge in [0.1, 0.15) is 0 Å². The van der Waals surface area contributed by atoms with Gasteiger partial charge in [-0.25, -0.2) is 0 Å². The molecule has 1 spiro atoms. The van der Waals surface area contributed by atoms with E-state index in [1.807, 2.05) is 0 Å². The number of rotatable bonds is 2. The Morgan fingerprint density at radius 1 is 0.727 bits per heavy atom. The molecule has 0 radical (unpaired) electrons. The Bertz CT molecular complexity index is 667. The third kappa shape index (κ3) is 2.29. The Morgan fingerprint density at radius 3 is 1.95 bits per heavy atom. The smallest absolute Gasteiger partial charge is 0.195 e. The van der Waals surface area contributed by atoms with E-state index in [2.05, 4.69) is 60.7 Å². The number of benzene rings is 2. The molecule has 1 saturated heterocycles. The fourth-order valence-electron chi connectivity index (χ4n) is 3.65. The first-order chi connectivity index (χ1) is 10.9. The number of allylic oxidation sites excluding steroid dienone is 1. The minimum atomic E-state index is -0.551. The van der Waals surface area contributed by atoms with E-state index in [4.69, 9.17) is 9.47 Å². The second-order valence-electron chi connectivity index (χ2n) is 5.89. The molecule has 2 nitrogen and oxygen atoms in total. The quantitative estimate of drug-likeness (QED) is 0.810. The van der Waals surface area contributed by atoms with Gasteiger partial charge in [0, 0.05) is 12.0 Å². The van der Waals surface area contributed by atoms with E-state index >= 15 is 0 Å². The lowest BCUT2D eigenvalue weighted by molar-refractivity contribution is -0.114. The van der Waals surface area contributed by atoms with Crippen molar-refractivity contribution in [1.29, 1.82) is 0 Å². The van der Waals surface area contributed by atoms with Gasteiger partial charge in [0.15, 0.2) is 5.79 Å². The van der Waals surface area contributed by atoms with Crippen LogP contribution < -0.4 is 0 Å². The summed E-state index contributed by atoms with van der Waals surface area (Å²) in [4.78, 5) is 0. The molecule has 22 heavy (non-hydrogen) atoms. The van der Waals surface area contributed by atoms with E-state index in [0.29, 0.717) is 13.2 Å². The van der Waals surface area contributed by atoms with Crippen LogP contribution in [-0.2, 0) is 9.47 Å². The molecule has 2 aliphatic rings. The molecule has 1 aliphatic carbocycles. The molecule has 2 aromatic carbocycles. The molecule has 0 N–H and O–H groups in total. The van der Waals surface area contributed by atoms with E-state index in [9.17, 15) is 0 Å². The van der Waals surface area contributed by atoms with E-state index in [1.54, 1.807) is 0 Å². The topological polar surface area (TPSA) is 18.5 Å². The summed E-state index contributed by atoms with van der Waals surface area (Å²) in [5.74, 6) is -0.551. The zero-order valence-corrected chi connectivity index (χ0v) is 12.6. The molecule has 0 aromatic heterocycles. The van der Waals surface area contributed by atoms with Crippen molar-refractivity contribution < 1.29 is 9.47 Å². The maximum absolute atomic E-state index is 6.12. The molecule has 0 saturated carbocycles. The van der Waals surface area contributed by atoms with Crippen LogP contribution in [0, 0.1) is 0 Å². The van der Waals surface area contributed by atoms with E-state index in [0.717, 1.165) is 19.3 Å². The average Bonchev–Trinajstić information content (AvgIpc) is 3.05. The summed E-state index contributed by atoms with van der Waals surface area (Å²) in [5, 5.41) is 0. The molecule has 1 aliphatic heterocycles. The maximum atomic E-state index is 6.12. The van der Waals surface area contributed by atoms with Crippen molar-refractivity contribution >= 4 is 11.1 Å². The van der Waals surface area contributed by atoms with Crippen molar-refractivity contribution in [2.75, 3.05) is 13.2 Å². The molecule has 4 rings (SSSR count). The highest BCUT2D eigenvalue weighted by molar-refractivity contribution is 5.94. The molecule has 1 heterocycles. The van der Waals surface area contributed by atoms with Gasteiger partial charge in [0.25, 0.3) is 0 Å². The lowest BCUT2D eigenvalue weighted by Gasteiger charge is -2.36. The Balaban J connectivity index is 1.93. The minimum absolute atomic E-state index is 0.551. The van der Waals surface area contributed by atoms with E-state index < -0.39 is 5.79 Å². The summed E-state index contributed by atoms with van der Waals surface area (Å²) in [7, 11) is 0. The SMILES string of the molecule is c1ccc(C2=C(c3ccccc3)C3(CCC2)OCCO3)cc1. The van der Waals surface area contributed by atoms with Gasteiger partial charge in [-0.2, -0.15) is 0 Å². The molecule has 0 amide bonds. The van der Waals surface area contributed by atoms with E-state index in [-0.39, 0.29) is 0 Å². The van der Waals surface area contributed by atoms with Crippen molar-refractivity contribution in [3.63, 3.8) is 0 Å². The zero-order valence-electron chi connectivity index (χ0n) is 12.6. The van der Waals surface area contributed by atoms with Gasteiger partial charge < -0.3 is 9.47 Å². The van der Waals surface area contributed by atoms with Gasteiger partial charge in [-0.3, -0.25) is 0 Å². The van der Waals surface area contributed by atoms with Crippen molar-refractivity contribution in [3.8, 4) is 0 Å². The van der Waals surface area contributed by atoms with Crippen molar-refractivity contribution in [1.82, 2.24) is 0 Å².